The Morgan fingerprint density at radius 2 is 1.91 bits per heavy atom. The van der Waals surface area contributed by atoms with E-state index in [4.69, 9.17) is 9.90 Å². The molecule has 0 aromatic carbocycles. The molecule has 2 aliphatic heterocycles. The second-order valence-corrected chi connectivity index (χ2v) is 9.72. The molecule has 7 nitrogen and oxygen atoms in total. The van der Waals surface area contributed by atoms with E-state index in [0.29, 0.717) is 25.3 Å². The Hall–Kier alpha value is -3.11. The van der Waals surface area contributed by atoms with Crippen LogP contribution in [0.2, 0.25) is 0 Å². The molecule has 4 heterocycles. The molecule has 5 rings (SSSR count). The van der Waals surface area contributed by atoms with Gasteiger partial charge < -0.3 is 19.5 Å². The van der Waals surface area contributed by atoms with Crippen molar-refractivity contribution in [2.75, 3.05) is 24.5 Å². The molecule has 0 radical (unpaired) electrons. The molecule has 1 saturated heterocycles. The molecule has 11 heteroatoms. The first-order valence-corrected chi connectivity index (χ1v) is 11.6. The normalized spacial score (nSPS) is 25.0. The summed E-state index contributed by atoms with van der Waals surface area (Å²) in [4.78, 5) is 30.9. The van der Waals surface area contributed by atoms with Crippen LogP contribution in [0.3, 0.4) is 0 Å². The topological polar surface area (TPSA) is 78.7 Å². The van der Waals surface area contributed by atoms with E-state index >= 15 is 0 Å². The van der Waals surface area contributed by atoms with Crippen molar-refractivity contribution in [2.45, 2.75) is 51.0 Å². The van der Waals surface area contributed by atoms with Gasteiger partial charge in [0.05, 0.1) is 11.4 Å². The maximum atomic E-state index is 13.3. The number of carbonyl (C=O) groups is 2. The molecule has 3 aliphatic rings. The average molecular weight is 497 g/mol. The summed E-state index contributed by atoms with van der Waals surface area (Å²) in [6.07, 6.45) is -0.312. The predicted molar refractivity (Wildman–Crippen MR) is 120 cm³/mol. The van der Waals surface area contributed by atoms with Gasteiger partial charge in [0.1, 0.15) is 11.7 Å². The second kappa shape index (κ2) is 9.16. The van der Waals surface area contributed by atoms with Gasteiger partial charge in [0.25, 0.3) is 0 Å². The predicted octanol–water partition coefficient (Wildman–Crippen LogP) is 4.16. The van der Waals surface area contributed by atoms with Crippen LogP contribution in [0.5, 0.6) is 0 Å². The first-order valence-electron chi connectivity index (χ1n) is 11.6. The average Bonchev–Trinajstić information content (AvgIpc) is 3.42. The molecule has 1 spiro atoms. The number of aliphatic carboxylic acids is 1. The van der Waals surface area contributed by atoms with Crippen molar-refractivity contribution in [3.05, 3.63) is 42.4 Å². The molecule has 1 aliphatic carbocycles. The van der Waals surface area contributed by atoms with Crippen molar-refractivity contribution >= 4 is 17.6 Å². The van der Waals surface area contributed by atoms with Crippen LogP contribution in [-0.4, -0.2) is 63.4 Å². The van der Waals surface area contributed by atoms with Gasteiger partial charge in [-0.25, -0.2) is 14.2 Å². The fourth-order valence-electron chi connectivity index (χ4n) is 5.16. The molecule has 1 atom stereocenters. The molecule has 1 N–H and O–H groups in total. The molecule has 190 valence electrons. The third-order valence-electron chi connectivity index (χ3n) is 6.81. The van der Waals surface area contributed by atoms with Crippen molar-refractivity contribution in [1.82, 2.24) is 14.5 Å². The van der Waals surface area contributed by atoms with Gasteiger partial charge in [-0.05, 0) is 49.4 Å². The smallest absolute Gasteiger partial charge is 0.475 e. The molecule has 2 aromatic rings. The number of amides is 1. The quantitative estimate of drug-likeness (QED) is 0.646. The fraction of sp³-hybridized carbons (Fsp3) is 0.542. The van der Waals surface area contributed by atoms with Gasteiger partial charge in [-0.2, -0.15) is 13.2 Å². The maximum Gasteiger partial charge on any atom is 0.490 e. The lowest BCUT2D eigenvalue weighted by atomic mass is 9.82. The van der Waals surface area contributed by atoms with E-state index in [9.17, 15) is 22.4 Å². The lowest BCUT2D eigenvalue weighted by Crippen LogP contribution is -2.54. The maximum absolute atomic E-state index is 13.3. The monoisotopic (exact) mass is 496 g/mol. The third kappa shape index (κ3) is 4.60. The number of carboxylic acid groups (broad SMARTS) is 1. The van der Waals surface area contributed by atoms with Crippen molar-refractivity contribution in [3.63, 3.8) is 0 Å². The van der Waals surface area contributed by atoms with Crippen LogP contribution in [0.25, 0.3) is 5.82 Å². The highest BCUT2D eigenvalue weighted by atomic mass is 19.4. The minimum absolute atomic E-state index is 0.130. The Bertz CT molecular complexity index is 1100. The van der Waals surface area contributed by atoms with Crippen molar-refractivity contribution in [2.24, 2.45) is 11.8 Å². The van der Waals surface area contributed by atoms with E-state index in [1.54, 1.807) is 0 Å². The van der Waals surface area contributed by atoms with Crippen LogP contribution in [0.4, 0.5) is 23.2 Å². The van der Waals surface area contributed by atoms with Crippen molar-refractivity contribution < 1.29 is 32.3 Å². The number of pyridine rings is 1. The number of hydrogen-bond acceptors (Lipinski definition) is 4. The summed E-state index contributed by atoms with van der Waals surface area (Å²) in [7, 11) is 0. The van der Waals surface area contributed by atoms with Gasteiger partial charge in [-0.15, -0.1) is 0 Å². The standard InChI is InChI=1S/C22H27FN4O.C2HF3O2/c1-15(2)13-27-18-5-3-8-24-20(18)26-9-4-6-19(26)22(27)7-10-25(14-22)21(28)16-11-17(23)12-16;3-2(4,5)1(6)7/h3-6,8-9,15-17H,7,10-14H2,1-2H3;(H,6,7). The van der Waals surface area contributed by atoms with Crippen LogP contribution in [-0.2, 0) is 15.1 Å². The molecule has 2 aromatic heterocycles. The number of hydrogen-bond donors (Lipinski definition) is 1. The van der Waals surface area contributed by atoms with Gasteiger partial charge in [-0.1, -0.05) is 13.8 Å². The lowest BCUT2D eigenvalue weighted by Gasteiger charge is -2.48. The van der Waals surface area contributed by atoms with Crippen LogP contribution in [0, 0.1) is 11.8 Å². The van der Waals surface area contributed by atoms with E-state index in [-0.39, 0.29) is 17.4 Å². The molecule has 2 fully saturated rings. The zero-order chi connectivity index (χ0) is 25.5. The van der Waals surface area contributed by atoms with Crippen molar-refractivity contribution in [3.8, 4) is 5.82 Å². The Morgan fingerprint density at radius 1 is 1.23 bits per heavy atom. The lowest BCUT2D eigenvalue weighted by molar-refractivity contribution is -0.192. The summed E-state index contributed by atoms with van der Waals surface area (Å²) >= 11 is 0. The number of aromatic nitrogens is 2. The van der Waals surface area contributed by atoms with Gasteiger partial charge in [-0.3, -0.25) is 4.79 Å². The van der Waals surface area contributed by atoms with E-state index in [2.05, 4.69) is 52.7 Å². The second-order valence-electron chi connectivity index (χ2n) is 9.72. The summed E-state index contributed by atoms with van der Waals surface area (Å²) in [5.74, 6) is -1.32. The number of anilines is 1. The van der Waals surface area contributed by atoms with Gasteiger partial charge >= 0.3 is 12.1 Å². The zero-order valence-corrected chi connectivity index (χ0v) is 19.5. The number of carboxylic acids is 1. The van der Waals surface area contributed by atoms with E-state index in [1.807, 2.05) is 17.2 Å². The summed E-state index contributed by atoms with van der Waals surface area (Å²) in [5, 5.41) is 7.12. The Balaban J connectivity index is 0.000000364. The highest BCUT2D eigenvalue weighted by molar-refractivity contribution is 5.81. The number of likely N-dealkylation sites (tertiary alicyclic amines) is 1. The number of carbonyl (C=O) groups excluding carboxylic acids is 1. The number of halogens is 4. The SMILES string of the molecule is CC(C)CN1c2cccnc2-n2cccc2C12CCN(C(=O)C1CC(F)C1)C2.O=C(O)C(F)(F)F. The zero-order valence-electron chi connectivity index (χ0n) is 19.5. The van der Waals surface area contributed by atoms with E-state index < -0.39 is 18.3 Å². The highest BCUT2D eigenvalue weighted by Crippen LogP contribution is 2.48. The Morgan fingerprint density at radius 3 is 2.51 bits per heavy atom. The molecular formula is C24H28F4N4O3. The number of nitrogens with zero attached hydrogens (tertiary/aromatic N) is 4. The minimum atomic E-state index is -5.08. The number of alkyl halides is 4. The molecule has 1 unspecified atom stereocenters. The Kier molecular flexibility index (Phi) is 6.54. The van der Waals surface area contributed by atoms with E-state index in [1.165, 1.54) is 5.69 Å². The van der Waals surface area contributed by atoms with Crippen LogP contribution in [0.15, 0.2) is 36.7 Å². The first kappa shape index (κ1) is 25.0. The van der Waals surface area contributed by atoms with Gasteiger partial charge in [0.2, 0.25) is 5.91 Å². The highest BCUT2D eigenvalue weighted by Gasteiger charge is 2.52. The van der Waals surface area contributed by atoms with Crippen molar-refractivity contribution in [1.29, 1.82) is 0 Å². The molecule has 35 heavy (non-hydrogen) atoms. The van der Waals surface area contributed by atoms with Crippen LogP contribution >= 0.6 is 0 Å². The van der Waals surface area contributed by atoms with E-state index in [0.717, 1.165) is 31.0 Å². The van der Waals surface area contributed by atoms with Gasteiger partial charge in [0.15, 0.2) is 5.82 Å². The summed E-state index contributed by atoms with van der Waals surface area (Å²) < 4.78 is 47.2. The fourth-order valence-corrected chi connectivity index (χ4v) is 5.16. The van der Waals surface area contributed by atoms with Crippen LogP contribution in [0.1, 0.15) is 38.8 Å². The first-order chi connectivity index (χ1) is 16.4. The molecule has 1 saturated carbocycles. The Labute approximate surface area is 200 Å². The summed E-state index contributed by atoms with van der Waals surface area (Å²) in [6.45, 7) is 6.74. The molecule has 0 bridgehead atoms. The van der Waals surface area contributed by atoms with Crippen LogP contribution < -0.4 is 4.90 Å². The summed E-state index contributed by atoms with van der Waals surface area (Å²) in [5.41, 5.74) is 2.08. The third-order valence-corrected chi connectivity index (χ3v) is 6.81. The molecule has 1 amide bonds. The number of rotatable bonds is 3. The minimum Gasteiger partial charge on any atom is -0.475 e. The van der Waals surface area contributed by atoms with Gasteiger partial charge in [0, 0.05) is 37.9 Å². The summed E-state index contributed by atoms with van der Waals surface area (Å²) in [6, 6.07) is 8.36. The molecular weight excluding hydrogens is 468 g/mol. The number of fused-ring (bicyclic) bond motifs is 4. The largest absolute Gasteiger partial charge is 0.490 e.